The molecular formula is C9H14F2N4O2. The van der Waals surface area contributed by atoms with Gasteiger partial charge in [0, 0.05) is 13.3 Å². The van der Waals surface area contributed by atoms with Crippen LogP contribution in [0.3, 0.4) is 0 Å². The molecule has 0 bridgehead atoms. The van der Waals surface area contributed by atoms with Crippen LogP contribution in [0.1, 0.15) is 0 Å². The molecule has 8 heteroatoms. The first-order valence-corrected chi connectivity index (χ1v) is 4.89. The van der Waals surface area contributed by atoms with Crippen LogP contribution in [0.25, 0.3) is 0 Å². The van der Waals surface area contributed by atoms with Crippen LogP contribution in [0, 0.1) is 0 Å². The summed E-state index contributed by atoms with van der Waals surface area (Å²) in [5, 5.41) is 6.11. The van der Waals surface area contributed by atoms with Crippen molar-refractivity contribution >= 4 is 11.6 Å². The molecule has 6 nitrogen and oxygen atoms in total. The zero-order valence-corrected chi connectivity index (χ0v) is 9.27. The van der Waals surface area contributed by atoms with Crippen molar-refractivity contribution in [2.45, 2.75) is 19.0 Å². The molecule has 1 heterocycles. The van der Waals surface area contributed by atoms with E-state index in [1.165, 1.54) is 19.5 Å². The molecule has 0 aliphatic carbocycles. The highest BCUT2D eigenvalue weighted by Crippen LogP contribution is 2.07. The molecule has 96 valence electrons. The van der Waals surface area contributed by atoms with E-state index in [-0.39, 0.29) is 6.61 Å². The van der Waals surface area contributed by atoms with Gasteiger partial charge in [0.1, 0.15) is 12.6 Å². The molecule has 3 N–H and O–H groups in total. The maximum atomic E-state index is 12.0. The number of nitrogens with two attached hydrogens (primary N) is 1. The van der Waals surface area contributed by atoms with Gasteiger partial charge in [0.15, 0.2) is 0 Å². The van der Waals surface area contributed by atoms with Crippen molar-refractivity contribution in [3.8, 4) is 0 Å². The van der Waals surface area contributed by atoms with E-state index >= 15 is 0 Å². The number of amides is 1. The Balaban J connectivity index is 2.51. The summed E-state index contributed by atoms with van der Waals surface area (Å²) in [4.78, 5) is 11.4. The Morgan fingerprint density at radius 1 is 1.71 bits per heavy atom. The number of nitrogens with zero attached hydrogens (tertiary/aromatic N) is 2. The highest BCUT2D eigenvalue weighted by molar-refractivity contribution is 5.94. The van der Waals surface area contributed by atoms with E-state index in [4.69, 9.17) is 10.5 Å². The molecule has 0 saturated carbocycles. The Morgan fingerprint density at radius 3 is 3.00 bits per heavy atom. The molecule has 0 fully saturated rings. The molecular weight excluding hydrogens is 234 g/mol. The third-order valence-corrected chi connectivity index (χ3v) is 1.91. The number of aromatic nitrogens is 2. The summed E-state index contributed by atoms with van der Waals surface area (Å²) in [6.45, 7) is -0.434. The standard InChI is InChI=1S/C9H14F2N4O2/c1-17-5-7(12)9(16)14-6-2-13-15(3-6)4-8(10)11/h2-3,7-8H,4-5,12H2,1H3,(H,14,16). The molecule has 0 aliphatic heterocycles. The zero-order valence-electron chi connectivity index (χ0n) is 9.27. The molecule has 1 amide bonds. The topological polar surface area (TPSA) is 82.2 Å². The van der Waals surface area contributed by atoms with E-state index in [0.29, 0.717) is 5.69 Å². The molecule has 0 spiro atoms. The second kappa shape index (κ2) is 6.26. The Labute approximate surface area is 96.7 Å². The first-order valence-electron chi connectivity index (χ1n) is 4.89. The SMILES string of the molecule is COCC(N)C(=O)Nc1cnn(CC(F)F)c1. The minimum Gasteiger partial charge on any atom is -0.383 e. The van der Waals surface area contributed by atoms with Gasteiger partial charge in [-0.15, -0.1) is 0 Å². The number of ether oxygens (including phenoxy) is 1. The molecule has 0 aliphatic rings. The third-order valence-electron chi connectivity index (χ3n) is 1.91. The van der Waals surface area contributed by atoms with Crippen molar-refractivity contribution in [2.24, 2.45) is 5.73 Å². The van der Waals surface area contributed by atoms with Gasteiger partial charge in [0.05, 0.1) is 18.5 Å². The molecule has 17 heavy (non-hydrogen) atoms. The molecule has 1 unspecified atom stereocenters. The fraction of sp³-hybridized carbons (Fsp3) is 0.556. The molecule has 1 atom stereocenters. The maximum absolute atomic E-state index is 12.0. The number of hydrogen-bond acceptors (Lipinski definition) is 4. The number of rotatable bonds is 6. The number of carbonyl (C=O) groups is 1. The normalized spacial score (nSPS) is 12.8. The predicted octanol–water partition coefficient (Wildman–Crippen LogP) is 0.0604. The fourth-order valence-corrected chi connectivity index (χ4v) is 1.16. The van der Waals surface area contributed by atoms with Crippen molar-refractivity contribution in [2.75, 3.05) is 19.0 Å². The van der Waals surface area contributed by atoms with Crippen molar-refractivity contribution in [1.29, 1.82) is 0 Å². The number of hydrogen-bond donors (Lipinski definition) is 2. The van der Waals surface area contributed by atoms with Crippen LogP contribution in [-0.2, 0) is 16.1 Å². The van der Waals surface area contributed by atoms with Crippen LogP contribution in [-0.4, -0.2) is 41.9 Å². The van der Waals surface area contributed by atoms with E-state index in [2.05, 4.69) is 10.4 Å². The number of anilines is 1. The van der Waals surface area contributed by atoms with Gasteiger partial charge in [-0.3, -0.25) is 9.48 Å². The summed E-state index contributed by atoms with van der Waals surface area (Å²) in [5.41, 5.74) is 5.80. The monoisotopic (exact) mass is 248 g/mol. The van der Waals surface area contributed by atoms with Crippen molar-refractivity contribution in [3.05, 3.63) is 12.4 Å². The molecule has 1 aromatic rings. The third kappa shape index (κ3) is 4.45. The van der Waals surface area contributed by atoms with Gasteiger partial charge >= 0.3 is 0 Å². The van der Waals surface area contributed by atoms with Crippen molar-refractivity contribution in [3.63, 3.8) is 0 Å². The minimum atomic E-state index is -2.49. The Bertz CT molecular complexity index is 370. The molecule has 0 aromatic carbocycles. The van der Waals surface area contributed by atoms with E-state index in [0.717, 1.165) is 4.68 Å². The lowest BCUT2D eigenvalue weighted by atomic mass is 10.3. The summed E-state index contributed by atoms with van der Waals surface area (Å²) in [5.74, 6) is -0.455. The molecule has 1 aromatic heterocycles. The van der Waals surface area contributed by atoms with Gasteiger partial charge in [-0.05, 0) is 0 Å². The van der Waals surface area contributed by atoms with Crippen LogP contribution in [0.2, 0.25) is 0 Å². The van der Waals surface area contributed by atoms with Gasteiger partial charge < -0.3 is 15.8 Å². The van der Waals surface area contributed by atoms with Gasteiger partial charge in [0.2, 0.25) is 5.91 Å². The highest BCUT2D eigenvalue weighted by atomic mass is 19.3. The number of halogens is 2. The fourth-order valence-electron chi connectivity index (χ4n) is 1.16. The predicted molar refractivity (Wildman–Crippen MR) is 56.7 cm³/mol. The molecule has 1 rings (SSSR count). The second-order valence-corrected chi connectivity index (χ2v) is 3.39. The maximum Gasteiger partial charge on any atom is 0.257 e. The van der Waals surface area contributed by atoms with E-state index in [9.17, 15) is 13.6 Å². The number of alkyl halides is 2. The Hall–Kier alpha value is -1.54. The summed E-state index contributed by atoms with van der Waals surface area (Å²) in [6.07, 6.45) is 0.0952. The average molecular weight is 248 g/mol. The van der Waals surface area contributed by atoms with Crippen LogP contribution < -0.4 is 11.1 Å². The van der Waals surface area contributed by atoms with Crippen molar-refractivity contribution in [1.82, 2.24) is 9.78 Å². The first-order chi connectivity index (χ1) is 8.02. The summed E-state index contributed by atoms with van der Waals surface area (Å²) >= 11 is 0. The number of carbonyl (C=O) groups excluding carboxylic acids is 1. The van der Waals surface area contributed by atoms with E-state index in [1.54, 1.807) is 0 Å². The highest BCUT2D eigenvalue weighted by Gasteiger charge is 2.14. The van der Waals surface area contributed by atoms with Crippen LogP contribution in [0.5, 0.6) is 0 Å². The lowest BCUT2D eigenvalue weighted by Crippen LogP contribution is -2.39. The largest absolute Gasteiger partial charge is 0.383 e. The second-order valence-electron chi connectivity index (χ2n) is 3.39. The minimum absolute atomic E-state index is 0.0804. The van der Waals surface area contributed by atoms with Gasteiger partial charge in [-0.1, -0.05) is 0 Å². The molecule has 0 saturated heterocycles. The Kier molecular flexibility index (Phi) is 4.98. The lowest BCUT2D eigenvalue weighted by molar-refractivity contribution is -0.118. The number of methoxy groups -OCH3 is 1. The first kappa shape index (κ1) is 13.5. The lowest BCUT2D eigenvalue weighted by Gasteiger charge is -2.09. The smallest absolute Gasteiger partial charge is 0.257 e. The molecule has 0 radical (unpaired) electrons. The summed E-state index contributed by atoms with van der Waals surface area (Å²) in [6, 6.07) is -0.807. The van der Waals surface area contributed by atoms with Gasteiger partial charge in [-0.25, -0.2) is 8.78 Å². The van der Waals surface area contributed by atoms with Gasteiger partial charge in [-0.2, -0.15) is 5.10 Å². The van der Waals surface area contributed by atoms with Crippen molar-refractivity contribution < 1.29 is 18.3 Å². The van der Waals surface area contributed by atoms with E-state index < -0.39 is 24.9 Å². The van der Waals surface area contributed by atoms with Crippen LogP contribution in [0.4, 0.5) is 14.5 Å². The summed E-state index contributed by atoms with van der Waals surface area (Å²) in [7, 11) is 1.42. The summed E-state index contributed by atoms with van der Waals surface area (Å²) < 4.78 is 29.8. The Morgan fingerprint density at radius 2 is 2.41 bits per heavy atom. The van der Waals surface area contributed by atoms with Gasteiger partial charge in [0.25, 0.3) is 6.43 Å². The van der Waals surface area contributed by atoms with Crippen LogP contribution in [0.15, 0.2) is 12.4 Å². The quantitative estimate of drug-likeness (QED) is 0.745. The zero-order chi connectivity index (χ0) is 12.8. The average Bonchev–Trinajstić information content (AvgIpc) is 2.64. The van der Waals surface area contributed by atoms with Crippen LogP contribution >= 0.6 is 0 Å². The number of nitrogens with one attached hydrogen (secondary N) is 1. The van der Waals surface area contributed by atoms with E-state index in [1.807, 2.05) is 0 Å².